The Balaban J connectivity index is 2.47. The first-order chi connectivity index (χ1) is 12.0. The van der Waals surface area contributed by atoms with Gasteiger partial charge in [-0.1, -0.05) is 19.1 Å². The molecule has 2 rings (SSSR count). The number of rotatable bonds is 8. The Kier molecular flexibility index (Phi) is 6.84. The fourth-order valence-electron chi connectivity index (χ4n) is 2.54. The van der Waals surface area contributed by atoms with Crippen molar-refractivity contribution in [1.82, 2.24) is 4.90 Å². The van der Waals surface area contributed by atoms with Crippen LogP contribution < -0.4 is 10.5 Å². The first kappa shape index (κ1) is 19.3. The summed E-state index contributed by atoms with van der Waals surface area (Å²) in [5.74, 6) is 0.447. The van der Waals surface area contributed by atoms with E-state index in [4.69, 9.17) is 15.2 Å². The number of nitrogens with two attached hydrogens (primary N) is 1. The van der Waals surface area contributed by atoms with Crippen LogP contribution in [0.25, 0.3) is 11.1 Å². The molecule has 5 nitrogen and oxygen atoms in total. The van der Waals surface area contributed by atoms with Crippen LogP contribution in [0.1, 0.15) is 35.5 Å². The predicted molar refractivity (Wildman–Crippen MR) is 103 cm³/mol. The largest absolute Gasteiger partial charge is 0.494 e. The van der Waals surface area contributed by atoms with Crippen LogP contribution in [0.3, 0.4) is 0 Å². The number of carbonyl (C=O) groups excluding carboxylic acids is 1. The summed E-state index contributed by atoms with van der Waals surface area (Å²) in [4.78, 5) is 15.5. The minimum atomic E-state index is -0.373. The molecule has 0 aliphatic rings. The number of carbonyl (C=O) groups is 1. The molecule has 6 heteroatoms. The van der Waals surface area contributed by atoms with E-state index in [9.17, 15) is 4.79 Å². The summed E-state index contributed by atoms with van der Waals surface area (Å²) < 4.78 is 10.9. The molecule has 136 valence electrons. The number of hydrogen-bond acceptors (Lipinski definition) is 6. The number of ether oxygens (including phenoxy) is 2. The summed E-state index contributed by atoms with van der Waals surface area (Å²) >= 11 is 1.44. The maximum absolute atomic E-state index is 12.4. The van der Waals surface area contributed by atoms with Gasteiger partial charge in [0.2, 0.25) is 0 Å². The van der Waals surface area contributed by atoms with Gasteiger partial charge in [0.1, 0.15) is 16.3 Å². The SMILES string of the molecule is CCCOc1ccc(-c2c(CN(C)C)sc(N)c2C(=O)OCC)cc1. The van der Waals surface area contributed by atoms with Crippen LogP contribution in [0.2, 0.25) is 0 Å². The Morgan fingerprint density at radius 3 is 2.44 bits per heavy atom. The van der Waals surface area contributed by atoms with Crippen molar-refractivity contribution in [2.75, 3.05) is 33.0 Å². The van der Waals surface area contributed by atoms with E-state index in [1.165, 1.54) is 11.3 Å². The van der Waals surface area contributed by atoms with Gasteiger partial charge in [0.25, 0.3) is 0 Å². The lowest BCUT2D eigenvalue weighted by Gasteiger charge is -2.12. The van der Waals surface area contributed by atoms with Crippen molar-refractivity contribution in [1.29, 1.82) is 0 Å². The van der Waals surface area contributed by atoms with Crippen molar-refractivity contribution in [2.45, 2.75) is 26.8 Å². The van der Waals surface area contributed by atoms with E-state index in [1.807, 2.05) is 38.4 Å². The van der Waals surface area contributed by atoms with E-state index in [2.05, 4.69) is 11.8 Å². The molecule has 2 aromatic rings. The van der Waals surface area contributed by atoms with Crippen molar-refractivity contribution < 1.29 is 14.3 Å². The third-order valence-corrected chi connectivity index (χ3v) is 4.57. The fraction of sp³-hybridized carbons (Fsp3) is 0.421. The summed E-state index contributed by atoms with van der Waals surface area (Å²) in [6.45, 7) is 5.57. The maximum Gasteiger partial charge on any atom is 0.341 e. The quantitative estimate of drug-likeness (QED) is 0.719. The Bertz CT molecular complexity index is 708. The second kappa shape index (κ2) is 8.87. The summed E-state index contributed by atoms with van der Waals surface area (Å²) in [6, 6.07) is 7.78. The molecule has 0 aliphatic heterocycles. The van der Waals surface area contributed by atoms with Gasteiger partial charge in [-0.2, -0.15) is 0 Å². The zero-order chi connectivity index (χ0) is 18.4. The highest BCUT2D eigenvalue weighted by molar-refractivity contribution is 7.17. The molecule has 0 radical (unpaired) electrons. The standard InChI is InChI=1S/C19H26N2O3S/c1-5-11-24-14-9-7-13(8-10-14)16-15(12-21(3)4)25-18(20)17(16)19(22)23-6-2/h7-10H,5-6,11-12,20H2,1-4H3. The van der Waals surface area contributed by atoms with E-state index in [1.54, 1.807) is 6.92 Å². The Hall–Kier alpha value is -2.05. The number of nitrogens with zero attached hydrogens (tertiary/aromatic N) is 1. The molecule has 0 fully saturated rings. The van der Waals surface area contributed by atoms with E-state index in [0.29, 0.717) is 30.3 Å². The molecule has 1 aromatic heterocycles. The molecule has 0 saturated carbocycles. The van der Waals surface area contributed by atoms with Crippen LogP contribution in [0.15, 0.2) is 24.3 Å². The summed E-state index contributed by atoms with van der Waals surface area (Å²) in [7, 11) is 3.98. The molecule has 0 bridgehead atoms. The van der Waals surface area contributed by atoms with Gasteiger partial charge in [0.05, 0.1) is 13.2 Å². The number of thiophene rings is 1. The third-order valence-electron chi connectivity index (χ3n) is 3.56. The summed E-state index contributed by atoms with van der Waals surface area (Å²) in [5.41, 5.74) is 8.42. The summed E-state index contributed by atoms with van der Waals surface area (Å²) in [6.07, 6.45) is 0.961. The Labute approximate surface area is 153 Å². The van der Waals surface area contributed by atoms with Gasteiger partial charge in [0, 0.05) is 17.0 Å². The topological polar surface area (TPSA) is 64.8 Å². The van der Waals surface area contributed by atoms with Gasteiger partial charge >= 0.3 is 5.97 Å². The van der Waals surface area contributed by atoms with Crippen LogP contribution in [-0.2, 0) is 11.3 Å². The summed E-state index contributed by atoms with van der Waals surface area (Å²) in [5, 5.41) is 0.497. The normalized spacial score (nSPS) is 10.9. The number of nitrogen functional groups attached to an aromatic ring is 1. The van der Waals surface area contributed by atoms with E-state index in [0.717, 1.165) is 28.2 Å². The van der Waals surface area contributed by atoms with Crippen molar-refractivity contribution in [3.8, 4) is 16.9 Å². The molecule has 0 aliphatic carbocycles. The Morgan fingerprint density at radius 1 is 1.20 bits per heavy atom. The molecule has 0 atom stereocenters. The highest BCUT2D eigenvalue weighted by Crippen LogP contribution is 2.40. The third kappa shape index (κ3) is 4.74. The van der Waals surface area contributed by atoms with Crippen molar-refractivity contribution in [3.05, 3.63) is 34.7 Å². The van der Waals surface area contributed by atoms with E-state index < -0.39 is 0 Å². The minimum Gasteiger partial charge on any atom is -0.494 e. The molecule has 1 heterocycles. The highest BCUT2D eigenvalue weighted by Gasteiger charge is 2.24. The predicted octanol–water partition coefficient (Wildman–Crippen LogP) is 4.02. The van der Waals surface area contributed by atoms with Gasteiger partial charge in [-0.15, -0.1) is 11.3 Å². The molecule has 1 aromatic carbocycles. The lowest BCUT2D eigenvalue weighted by atomic mass is 10.0. The van der Waals surface area contributed by atoms with Crippen LogP contribution in [-0.4, -0.2) is 38.2 Å². The first-order valence-corrected chi connectivity index (χ1v) is 9.25. The maximum atomic E-state index is 12.4. The molecular weight excluding hydrogens is 336 g/mol. The number of anilines is 1. The second-order valence-corrected chi connectivity index (χ2v) is 7.11. The van der Waals surface area contributed by atoms with Crippen LogP contribution in [0.5, 0.6) is 5.75 Å². The Morgan fingerprint density at radius 2 is 1.88 bits per heavy atom. The monoisotopic (exact) mass is 362 g/mol. The van der Waals surface area contributed by atoms with Crippen LogP contribution >= 0.6 is 11.3 Å². The zero-order valence-electron chi connectivity index (χ0n) is 15.3. The van der Waals surface area contributed by atoms with Gasteiger partial charge in [-0.3, -0.25) is 0 Å². The van der Waals surface area contributed by atoms with Gasteiger partial charge in [-0.25, -0.2) is 4.79 Å². The molecule has 25 heavy (non-hydrogen) atoms. The van der Waals surface area contributed by atoms with Crippen LogP contribution in [0.4, 0.5) is 5.00 Å². The number of benzene rings is 1. The fourth-order valence-corrected chi connectivity index (χ4v) is 3.74. The lowest BCUT2D eigenvalue weighted by Crippen LogP contribution is -2.11. The van der Waals surface area contributed by atoms with Gasteiger partial charge in [-0.05, 0) is 45.1 Å². The number of esters is 1. The lowest BCUT2D eigenvalue weighted by molar-refractivity contribution is 0.0529. The highest BCUT2D eigenvalue weighted by atomic mass is 32.1. The average Bonchev–Trinajstić information content (AvgIpc) is 2.89. The van der Waals surface area contributed by atoms with E-state index in [-0.39, 0.29) is 5.97 Å². The molecule has 0 saturated heterocycles. The molecular formula is C19H26N2O3S. The average molecular weight is 362 g/mol. The van der Waals surface area contributed by atoms with Gasteiger partial charge in [0.15, 0.2) is 0 Å². The molecule has 0 unspecified atom stereocenters. The zero-order valence-corrected chi connectivity index (χ0v) is 16.1. The second-order valence-electron chi connectivity index (χ2n) is 5.97. The van der Waals surface area contributed by atoms with Crippen molar-refractivity contribution >= 4 is 22.3 Å². The van der Waals surface area contributed by atoms with Crippen molar-refractivity contribution in [2.24, 2.45) is 0 Å². The van der Waals surface area contributed by atoms with E-state index >= 15 is 0 Å². The smallest absolute Gasteiger partial charge is 0.341 e. The molecule has 0 amide bonds. The first-order valence-electron chi connectivity index (χ1n) is 8.44. The molecule has 2 N–H and O–H groups in total. The number of hydrogen-bond donors (Lipinski definition) is 1. The minimum absolute atomic E-state index is 0.320. The van der Waals surface area contributed by atoms with Crippen LogP contribution in [0, 0.1) is 0 Å². The molecule has 0 spiro atoms. The van der Waals surface area contributed by atoms with Crippen molar-refractivity contribution in [3.63, 3.8) is 0 Å². The van der Waals surface area contributed by atoms with Gasteiger partial charge < -0.3 is 20.1 Å².